The summed E-state index contributed by atoms with van der Waals surface area (Å²) in [6.07, 6.45) is -0.0524. The van der Waals surface area contributed by atoms with Gasteiger partial charge in [0.25, 0.3) is 0 Å². The van der Waals surface area contributed by atoms with Gasteiger partial charge >= 0.3 is 5.97 Å². The molecule has 0 aliphatic rings. The summed E-state index contributed by atoms with van der Waals surface area (Å²) in [7, 11) is 0. The smallest absolute Gasteiger partial charge is 0.324 e. The van der Waals surface area contributed by atoms with E-state index in [0.717, 1.165) is 13.8 Å². The van der Waals surface area contributed by atoms with Crippen molar-refractivity contribution in [3.8, 4) is 0 Å². The Kier molecular flexibility index (Phi) is 3.78. The number of aliphatic carboxylic acids is 1. The molecule has 1 aromatic rings. The Labute approximate surface area is 99.3 Å². The van der Waals surface area contributed by atoms with Crippen molar-refractivity contribution in [1.82, 2.24) is 0 Å². The van der Waals surface area contributed by atoms with Gasteiger partial charge in [-0.15, -0.1) is 0 Å². The summed E-state index contributed by atoms with van der Waals surface area (Å²) < 4.78 is 0. The lowest BCUT2D eigenvalue weighted by Crippen LogP contribution is -2.43. The number of carbonyl (C=O) groups is 3. The Morgan fingerprint density at radius 2 is 1.71 bits per heavy atom. The zero-order valence-corrected chi connectivity index (χ0v) is 9.77. The topological polar surface area (TPSA) is 71.4 Å². The molecule has 90 valence electrons. The third-order valence-electron chi connectivity index (χ3n) is 2.90. The molecule has 0 amide bonds. The van der Waals surface area contributed by atoms with Crippen molar-refractivity contribution in [1.29, 1.82) is 0 Å². The standard InChI is InChI=1S/C13H14O4/c1-9(14)13(2,12(16)17)11(15)8-10-6-4-3-5-7-10/h3-7H,8H2,1-2H3,(H,16,17). The quantitative estimate of drug-likeness (QED) is 0.783. The molecule has 1 unspecified atom stereocenters. The minimum absolute atomic E-state index is 0.0524. The lowest BCUT2D eigenvalue weighted by molar-refractivity contribution is -0.157. The molecule has 0 spiro atoms. The second-order valence-electron chi connectivity index (χ2n) is 4.07. The molecule has 17 heavy (non-hydrogen) atoms. The van der Waals surface area contributed by atoms with E-state index in [4.69, 9.17) is 5.11 Å². The predicted octanol–water partition coefficient (Wildman–Crippen LogP) is 1.48. The average molecular weight is 234 g/mol. The van der Waals surface area contributed by atoms with Gasteiger partial charge in [0, 0.05) is 6.42 Å². The predicted molar refractivity (Wildman–Crippen MR) is 61.6 cm³/mol. The fourth-order valence-electron chi connectivity index (χ4n) is 1.42. The van der Waals surface area contributed by atoms with Crippen LogP contribution in [-0.4, -0.2) is 22.6 Å². The average Bonchev–Trinajstić information content (AvgIpc) is 2.28. The molecule has 0 saturated heterocycles. The molecule has 0 fully saturated rings. The lowest BCUT2D eigenvalue weighted by atomic mass is 9.79. The highest BCUT2D eigenvalue weighted by molar-refractivity contribution is 6.21. The molecule has 4 heteroatoms. The second-order valence-corrected chi connectivity index (χ2v) is 4.07. The maximum absolute atomic E-state index is 11.9. The highest BCUT2D eigenvalue weighted by Crippen LogP contribution is 2.22. The van der Waals surface area contributed by atoms with Crippen molar-refractivity contribution in [3.05, 3.63) is 35.9 Å². The number of rotatable bonds is 5. The van der Waals surface area contributed by atoms with Gasteiger partial charge in [-0.2, -0.15) is 0 Å². The molecule has 1 N–H and O–H groups in total. The van der Waals surface area contributed by atoms with E-state index in [1.807, 2.05) is 0 Å². The zero-order chi connectivity index (χ0) is 13.1. The molecular weight excluding hydrogens is 220 g/mol. The summed E-state index contributed by atoms with van der Waals surface area (Å²) in [6, 6.07) is 8.76. The summed E-state index contributed by atoms with van der Waals surface area (Å²) in [5, 5.41) is 9.01. The second kappa shape index (κ2) is 4.91. The number of carboxylic acid groups (broad SMARTS) is 1. The minimum atomic E-state index is -1.95. The molecule has 0 aromatic heterocycles. The van der Waals surface area contributed by atoms with Crippen LogP contribution in [0.3, 0.4) is 0 Å². The van der Waals surface area contributed by atoms with Crippen LogP contribution in [0.1, 0.15) is 19.4 Å². The number of carboxylic acids is 1. The molecule has 0 aliphatic heterocycles. The van der Waals surface area contributed by atoms with Crippen molar-refractivity contribution < 1.29 is 19.5 Å². The molecule has 0 aliphatic carbocycles. The Bertz CT molecular complexity index is 434. The van der Waals surface area contributed by atoms with Crippen molar-refractivity contribution in [2.75, 3.05) is 0 Å². The van der Waals surface area contributed by atoms with E-state index in [0.29, 0.717) is 5.56 Å². The van der Waals surface area contributed by atoms with E-state index in [1.165, 1.54) is 0 Å². The number of ketones is 2. The Morgan fingerprint density at radius 1 is 1.18 bits per heavy atom. The zero-order valence-electron chi connectivity index (χ0n) is 9.77. The van der Waals surface area contributed by atoms with Gasteiger partial charge in [-0.25, -0.2) is 0 Å². The highest BCUT2D eigenvalue weighted by Gasteiger charge is 2.45. The monoisotopic (exact) mass is 234 g/mol. The fourth-order valence-corrected chi connectivity index (χ4v) is 1.42. The summed E-state index contributed by atoms with van der Waals surface area (Å²) in [4.78, 5) is 34.3. The highest BCUT2D eigenvalue weighted by atomic mass is 16.4. The molecule has 1 rings (SSSR count). The van der Waals surface area contributed by atoms with E-state index < -0.39 is 23.0 Å². The molecule has 1 aromatic carbocycles. The van der Waals surface area contributed by atoms with Crippen LogP contribution < -0.4 is 0 Å². The lowest BCUT2D eigenvalue weighted by Gasteiger charge is -2.19. The first-order chi connectivity index (χ1) is 7.89. The number of Topliss-reactive ketones (excluding diaryl/α,β-unsaturated/α-hetero) is 2. The van der Waals surface area contributed by atoms with Gasteiger partial charge < -0.3 is 5.11 Å². The van der Waals surface area contributed by atoms with Crippen LogP contribution in [0, 0.1) is 5.41 Å². The molecule has 0 bridgehead atoms. The third-order valence-corrected chi connectivity index (χ3v) is 2.90. The van der Waals surface area contributed by atoms with E-state index >= 15 is 0 Å². The summed E-state index contributed by atoms with van der Waals surface area (Å²) >= 11 is 0. The first kappa shape index (κ1) is 13.1. The summed E-state index contributed by atoms with van der Waals surface area (Å²) in [6.45, 7) is 2.28. The number of hydrogen-bond acceptors (Lipinski definition) is 3. The first-order valence-electron chi connectivity index (χ1n) is 5.20. The van der Waals surface area contributed by atoms with Crippen molar-refractivity contribution in [2.45, 2.75) is 20.3 Å². The third kappa shape index (κ3) is 2.58. The SMILES string of the molecule is CC(=O)C(C)(C(=O)O)C(=O)Cc1ccccc1. The van der Waals surface area contributed by atoms with Crippen LogP contribution in [0.2, 0.25) is 0 Å². The molecule has 0 radical (unpaired) electrons. The maximum Gasteiger partial charge on any atom is 0.324 e. The normalized spacial score (nSPS) is 13.8. The fraction of sp³-hybridized carbons (Fsp3) is 0.308. The van der Waals surface area contributed by atoms with Crippen LogP contribution in [0.5, 0.6) is 0 Å². The number of carbonyl (C=O) groups excluding carboxylic acids is 2. The first-order valence-corrected chi connectivity index (χ1v) is 5.20. The van der Waals surface area contributed by atoms with E-state index in [9.17, 15) is 14.4 Å². The van der Waals surface area contributed by atoms with Crippen LogP contribution in [-0.2, 0) is 20.8 Å². The number of hydrogen-bond donors (Lipinski definition) is 1. The largest absolute Gasteiger partial charge is 0.480 e. The minimum Gasteiger partial charge on any atom is -0.480 e. The van der Waals surface area contributed by atoms with Crippen molar-refractivity contribution in [3.63, 3.8) is 0 Å². The van der Waals surface area contributed by atoms with Crippen LogP contribution in [0.25, 0.3) is 0 Å². The maximum atomic E-state index is 11.9. The van der Waals surface area contributed by atoms with Gasteiger partial charge in [-0.1, -0.05) is 30.3 Å². The van der Waals surface area contributed by atoms with Gasteiger partial charge in [0.2, 0.25) is 0 Å². The molecule has 0 heterocycles. The Hall–Kier alpha value is -1.97. The summed E-state index contributed by atoms with van der Waals surface area (Å²) in [5.41, 5.74) is -1.25. The van der Waals surface area contributed by atoms with Crippen LogP contribution >= 0.6 is 0 Å². The number of benzene rings is 1. The molecular formula is C13H14O4. The van der Waals surface area contributed by atoms with Gasteiger partial charge in [-0.3, -0.25) is 14.4 Å². The van der Waals surface area contributed by atoms with Crippen molar-refractivity contribution in [2.24, 2.45) is 5.41 Å². The Morgan fingerprint density at radius 3 is 2.12 bits per heavy atom. The molecule has 0 saturated carbocycles. The van der Waals surface area contributed by atoms with Crippen LogP contribution in [0.15, 0.2) is 30.3 Å². The van der Waals surface area contributed by atoms with Gasteiger partial charge in [-0.05, 0) is 19.4 Å². The van der Waals surface area contributed by atoms with E-state index in [2.05, 4.69) is 0 Å². The van der Waals surface area contributed by atoms with Gasteiger partial charge in [0.05, 0.1) is 0 Å². The summed E-state index contributed by atoms with van der Waals surface area (Å²) in [5.74, 6) is -2.64. The Balaban J connectivity index is 2.96. The molecule has 1 atom stereocenters. The van der Waals surface area contributed by atoms with Crippen LogP contribution in [0.4, 0.5) is 0 Å². The van der Waals surface area contributed by atoms with Crippen molar-refractivity contribution >= 4 is 17.5 Å². The molecule has 4 nitrogen and oxygen atoms in total. The van der Waals surface area contributed by atoms with E-state index in [1.54, 1.807) is 30.3 Å². The van der Waals surface area contributed by atoms with Gasteiger partial charge in [0.1, 0.15) is 0 Å². The van der Waals surface area contributed by atoms with E-state index in [-0.39, 0.29) is 6.42 Å². The van der Waals surface area contributed by atoms with Gasteiger partial charge in [0.15, 0.2) is 17.0 Å².